The fourth-order valence-electron chi connectivity index (χ4n) is 2.49. The van der Waals surface area contributed by atoms with Crippen molar-refractivity contribution in [2.45, 2.75) is 30.1 Å². The van der Waals surface area contributed by atoms with E-state index in [9.17, 15) is 10.2 Å². The molecule has 1 aliphatic heterocycles. The lowest BCUT2D eigenvalue weighted by Gasteiger charge is -2.29. The molecule has 2 aromatic heterocycles. The molecule has 0 amide bonds. The molecular formula is C13H22N6O4S. The molecular weight excluding hydrogens is 336 g/mol. The summed E-state index contributed by atoms with van der Waals surface area (Å²) >= 11 is 4.41. The van der Waals surface area contributed by atoms with Gasteiger partial charge in [0.2, 0.25) is 0 Å². The summed E-state index contributed by atoms with van der Waals surface area (Å²) in [7, 11) is 0. The second-order valence-electron chi connectivity index (χ2n) is 5.39. The quantitative estimate of drug-likeness (QED) is 0.343. The first-order chi connectivity index (χ1) is 11.4. The van der Waals surface area contributed by atoms with E-state index in [0.29, 0.717) is 17.7 Å². The molecule has 11 heteroatoms. The lowest BCUT2D eigenvalue weighted by atomic mass is 10.1. The van der Waals surface area contributed by atoms with E-state index in [0.717, 1.165) is 0 Å². The first kappa shape index (κ1) is 18.8. The van der Waals surface area contributed by atoms with Gasteiger partial charge in [-0.1, -0.05) is 0 Å². The van der Waals surface area contributed by atoms with Crippen molar-refractivity contribution < 1.29 is 20.1 Å². The average molecular weight is 358 g/mol. The SMILES string of the molecule is C[C@@]1(n2cnc3c(N)ncnc32)O[C@H](CO)[C@@H](O)[C@H]1S.NCCO. The minimum absolute atomic E-state index is 0.0972. The second kappa shape index (κ2) is 7.59. The van der Waals surface area contributed by atoms with Crippen molar-refractivity contribution in [2.75, 3.05) is 25.5 Å². The number of ether oxygens (including phenoxy) is 1. The smallest absolute Gasteiger partial charge is 0.167 e. The van der Waals surface area contributed by atoms with Crippen LogP contribution in [0.5, 0.6) is 0 Å². The van der Waals surface area contributed by atoms with Gasteiger partial charge < -0.3 is 31.5 Å². The molecule has 0 bridgehead atoms. The van der Waals surface area contributed by atoms with Crippen LogP contribution in [-0.2, 0) is 10.5 Å². The standard InChI is InChI=1S/C11H15N5O3S.C2H7NO/c1-11(8(20)7(18)5(2-17)19-11)16-4-15-6-9(12)13-3-14-10(6)16;3-1-2-4/h3-5,7-8,17-18,20H,2H2,1H3,(H2,12,13,14);4H,1-3H2/t5-,7-,8-,11-;/m1./s1. The molecule has 0 unspecified atom stereocenters. The van der Waals surface area contributed by atoms with Gasteiger partial charge in [0.25, 0.3) is 0 Å². The van der Waals surface area contributed by atoms with Crippen LogP contribution in [0.15, 0.2) is 12.7 Å². The van der Waals surface area contributed by atoms with E-state index in [2.05, 4.69) is 27.6 Å². The van der Waals surface area contributed by atoms with Crippen LogP contribution in [0.25, 0.3) is 11.2 Å². The Morgan fingerprint density at radius 1 is 1.38 bits per heavy atom. The number of fused-ring (bicyclic) bond motifs is 1. The van der Waals surface area contributed by atoms with Crippen molar-refractivity contribution in [3.05, 3.63) is 12.7 Å². The van der Waals surface area contributed by atoms with E-state index < -0.39 is 23.2 Å². The van der Waals surface area contributed by atoms with Crippen molar-refractivity contribution in [2.24, 2.45) is 5.73 Å². The van der Waals surface area contributed by atoms with Crippen LogP contribution < -0.4 is 11.5 Å². The molecule has 3 heterocycles. The first-order valence-electron chi connectivity index (χ1n) is 7.30. The molecule has 1 aliphatic rings. The van der Waals surface area contributed by atoms with E-state index in [4.69, 9.17) is 21.3 Å². The summed E-state index contributed by atoms with van der Waals surface area (Å²) in [6.45, 7) is 1.93. The zero-order chi connectivity index (χ0) is 17.9. The number of nitrogen functional groups attached to an aromatic ring is 1. The van der Waals surface area contributed by atoms with Gasteiger partial charge in [0.15, 0.2) is 17.2 Å². The molecule has 0 radical (unpaired) electrons. The Morgan fingerprint density at radius 2 is 2.04 bits per heavy atom. The number of imidazole rings is 1. The van der Waals surface area contributed by atoms with E-state index in [1.165, 1.54) is 12.7 Å². The van der Waals surface area contributed by atoms with Crippen LogP contribution in [-0.4, -0.2) is 72.1 Å². The Bertz CT molecular complexity index is 684. The Labute approximate surface area is 143 Å². The highest BCUT2D eigenvalue weighted by atomic mass is 32.1. The summed E-state index contributed by atoms with van der Waals surface area (Å²) < 4.78 is 7.41. The maximum atomic E-state index is 10.1. The number of rotatable bonds is 3. The number of aliphatic hydroxyl groups excluding tert-OH is 3. The zero-order valence-electron chi connectivity index (χ0n) is 13.1. The topological polar surface area (TPSA) is 166 Å². The molecule has 7 N–H and O–H groups in total. The van der Waals surface area contributed by atoms with E-state index >= 15 is 0 Å². The number of thiol groups is 1. The molecule has 3 rings (SSSR count). The van der Waals surface area contributed by atoms with Crippen LogP contribution in [0.2, 0.25) is 0 Å². The first-order valence-corrected chi connectivity index (χ1v) is 7.82. The summed E-state index contributed by atoms with van der Waals surface area (Å²) in [4.78, 5) is 12.2. The number of hydrogen-bond acceptors (Lipinski definition) is 10. The number of aliphatic hydroxyl groups is 3. The molecule has 10 nitrogen and oxygen atoms in total. The second-order valence-corrected chi connectivity index (χ2v) is 5.94. The predicted molar refractivity (Wildman–Crippen MR) is 90.3 cm³/mol. The third-order valence-corrected chi connectivity index (χ3v) is 4.58. The van der Waals surface area contributed by atoms with Crippen LogP contribution in [0.3, 0.4) is 0 Å². The summed E-state index contributed by atoms with van der Waals surface area (Å²) in [5.41, 5.74) is 10.5. The number of aromatic nitrogens is 4. The highest BCUT2D eigenvalue weighted by Crippen LogP contribution is 2.40. The van der Waals surface area contributed by atoms with Gasteiger partial charge >= 0.3 is 0 Å². The van der Waals surface area contributed by atoms with Crippen molar-refractivity contribution >= 4 is 29.6 Å². The van der Waals surface area contributed by atoms with Gasteiger partial charge in [-0.2, -0.15) is 12.6 Å². The molecule has 0 saturated carbocycles. The zero-order valence-corrected chi connectivity index (χ0v) is 14.0. The lowest BCUT2D eigenvalue weighted by Crippen LogP contribution is -2.39. The molecule has 24 heavy (non-hydrogen) atoms. The van der Waals surface area contributed by atoms with Crippen molar-refractivity contribution in [3.8, 4) is 0 Å². The van der Waals surface area contributed by atoms with Gasteiger partial charge in [-0.3, -0.25) is 4.57 Å². The summed E-state index contributed by atoms with van der Waals surface area (Å²) in [5.74, 6) is 0.269. The van der Waals surface area contributed by atoms with Crippen LogP contribution in [0, 0.1) is 0 Å². The maximum absolute atomic E-state index is 10.1. The van der Waals surface area contributed by atoms with Crippen molar-refractivity contribution in [3.63, 3.8) is 0 Å². The average Bonchev–Trinajstić information content (AvgIpc) is 3.12. The van der Waals surface area contributed by atoms with Gasteiger partial charge in [0.1, 0.15) is 17.9 Å². The Kier molecular flexibility index (Phi) is 5.96. The van der Waals surface area contributed by atoms with Crippen LogP contribution in [0.1, 0.15) is 6.92 Å². The highest BCUT2D eigenvalue weighted by Gasteiger charge is 2.51. The Hall–Kier alpha value is -1.50. The largest absolute Gasteiger partial charge is 0.395 e. The molecule has 2 aromatic rings. The summed E-state index contributed by atoms with van der Waals surface area (Å²) in [5, 5.41) is 26.5. The monoisotopic (exact) mass is 358 g/mol. The van der Waals surface area contributed by atoms with E-state index in [1.54, 1.807) is 11.5 Å². The minimum Gasteiger partial charge on any atom is -0.395 e. The minimum atomic E-state index is -0.995. The van der Waals surface area contributed by atoms with Gasteiger partial charge in [-0.15, -0.1) is 0 Å². The third-order valence-electron chi connectivity index (χ3n) is 3.79. The number of nitrogens with two attached hydrogens (primary N) is 2. The predicted octanol–water partition coefficient (Wildman–Crippen LogP) is -1.93. The molecule has 1 fully saturated rings. The van der Waals surface area contributed by atoms with E-state index in [1.807, 2.05) is 0 Å². The van der Waals surface area contributed by atoms with Crippen LogP contribution >= 0.6 is 12.6 Å². The lowest BCUT2D eigenvalue weighted by molar-refractivity contribution is -0.102. The molecule has 134 valence electrons. The maximum Gasteiger partial charge on any atom is 0.167 e. The fraction of sp³-hybridized carbons (Fsp3) is 0.615. The van der Waals surface area contributed by atoms with Gasteiger partial charge in [0, 0.05) is 6.54 Å². The molecule has 0 aromatic carbocycles. The molecule has 0 spiro atoms. The Balaban J connectivity index is 0.000000471. The van der Waals surface area contributed by atoms with Gasteiger partial charge in [-0.05, 0) is 6.92 Å². The van der Waals surface area contributed by atoms with Crippen molar-refractivity contribution in [1.82, 2.24) is 19.5 Å². The Morgan fingerprint density at radius 3 is 2.58 bits per heavy atom. The molecule has 4 atom stereocenters. The normalized spacial score (nSPS) is 29.5. The number of hydrogen-bond donors (Lipinski definition) is 6. The fourth-order valence-corrected chi connectivity index (χ4v) is 2.87. The van der Waals surface area contributed by atoms with Crippen LogP contribution in [0.4, 0.5) is 5.82 Å². The molecule has 0 aliphatic carbocycles. The highest BCUT2D eigenvalue weighted by molar-refractivity contribution is 7.81. The van der Waals surface area contributed by atoms with Gasteiger partial charge in [0.05, 0.1) is 30.9 Å². The van der Waals surface area contributed by atoms with Crippen molar-refractivity contribution in [1.29, 1.82) is 0 Å². The number of anilines is 1. The van der Waals surface area contributed by atoms with E-state index in [-0.39, 0.29) is 19.0 Å². The van der Waals surface area contributed by atoms with Gasteiger partial charge in [-0.25, -0.2) is 15.0 Å². The molecule has 1 saturated heterocycles. The summed E-state index contributed by atoms with van der Waals surface area (Å²) in [6, 6.07) is 0. The summed E-state index contributed by atoms with van der Waals surface area (Å²) in [6.07, 6.45) is 1.25. The number of nitrogens with zero attached hydrogens (tertiary/aromatic N) is 4. The third kappa shape index (κ3) is 3.18.